The highest BCUT2D eigenvalue weighted by molar-refractivity contribution is 5.59. The fourth-order valence-corrected chi connectivity index (χ4v) is 1.98. The third kappa shape index (κ3) is 1.16. The van der Waals surface area contributed by atoms with Crippen molar-refractivity contribution in [3.63, 3.8) is 0 Å². The highest BCUT2D eigenvalue weighted by Gasteiger charge is 2.43. The molecule has 3 nitrogen and oxygen atoms in total. The first-order chi connectivity index (χ1) is 6.86. The molecule has 0 spiro atoms. The Kier molecular flexibility index (Phi) is 1.67. The van der Waals surface area contributed by atoms with Crippen LogP contribution in [0.5, 0.6) is 5.75 Å². The maximum atomic E-state index is 5.67. The van der Waals surface area contributed by atoms with Crippen LogP contribution in [0.25, 0.3) is 0 Å². The number of fused-ring (bicyclic) bond motifs is 2. The van der Waals surface area contributed by atoms with Crippen molar-refractivity contribution in [3.05, 3.63) is 24.3 Å². The molecular weight excluding hydrogens is 178 g/mol. The van der Waals surface area contributed by atoms with E-state index in [-0.39, 0.29) is 6.23 Å². The van der Waals surface area contributed by atoms with Gasteiger partial charge in [0.15, 0.2) is 6.23 Å². The normalized spacial score (nSPS) is 29.4. The number of likely N-dealkylation sites (N-methyl/N-ethyl adjacent to an activating group) is 1. The summed E-state index contributed by atoms with van der Waals surface area (Å²) < 4.78 is 11.2. The molecule has 0 aliphatic carbocycles. The first-order valence-corrected chi connectivity index (χ1v) is 4.96. The van der Waals surface area contributed by atoms with E-state index in [1.54, 1.807) is 0 Å². The van der Waals surface area contributed by atoms with Crippen molar-refractivity contribution in [1.29, 1.82) is 0 Å². The monoisotopic (exact) mass is 191 g/mol. The van der Waals surface area contributed by atoms with Crippen molar-refractivity contribution >= 4 is 5.69 Å². The molecule has 3 heteroatoms. The van der Waals surface area contributed by atoms with Crippen molar-refractivity contribution in [2.24, 2.45) is 0 Å². The van der Waals surface area contributed by atoms with Crippen LogP contribution in [-0.4, -0.2) is 26.0 Å². The predicted octanol–water partition coefficient (Wildman–Crippen LogP) is 1.63. The van der Waals surface area contributed by atoms with Gasteiger partial charge in [-0.2, -0.15) is 0 Å². The first-order valence-electron chi connectivity index (χ1n) is 4.96. The summed E-state index contributed by atoms with van der Waals surface area (Å²) in [5.74, 6) is 0.962. The summed E-state index contributed by atoms with van der Waals surface area (Å²) in [5.41, 5.74) is 1.12. The van der Waals surface area contributed by atoms with Gasteiger partial charge in [0, 0.05) is 13.5 Å². The fraction of sp³-hybridized carbons (Fsp3) is 0.455. The maximum Gasteiger partial charge on any atom is 0.157 e. The molecule has 0 amide bonds. The quantitative estimate of drug-likeness (QED) is 0.583. The Morgan fingerprint density at radius 2 is 2.21 bits per heavy atom. The average Bonchev–Trinajstić information content (AvgIpc) is 2.95. The molecule has 2 aliphatic rings. The van der Waals surface area contributed by atoms with Gasteiger partial charge in [-0.15, -0.1) is 0 Å². The van der Waals surface area contributed by atoms with Gasteiger partial charge in [-0.1, -0.05) is 12.1 Å². The Bertz CT molecular complexity index is 353. The summed E-state index contributed by atoms with van der Waals surface area (Å²) in [6, 6.07) is 8.10. The number of anilines is 1. The molecular formula is C11H13NO2. The summed E-state index contributed by atoms with van der Waals surface area (Å²) in [6.45, 7) is 0.756. The average molecular weight is 191 g/mol. The Morgan fingerprint density at radius 1 is 1.36 bits per heavy atom. The van der Waals surface area contributed by atoms with Crippen LogP contribution >= 0.6 is 0 Å². The number of hydrogen-bond donors (Lipinski definition) is 0. The smallest absolute Gasteiger partial charge is 0.157 e. The van der Waals surface area contributed by atoms with E-state index in [2.05, 4.69) is 18.0 Å². The van der Waals surface area contributed by atoms with Gasteiger partial charge in [0.25, 0.3) is 0 Å². The lowest BCUT2D eigenvalue weighted by Gasteiger charge is -2.22. The molecule has 2 aliphatic heterocycles. The second kappa shape index (κ2) is 2.89. The number of benzene rings is 1. The highest BCUT2D eigenvalue weighted by Crippen LogP contribution is 2.38. The fourth-order valence-electron chi connectivity index (χ4n) is 1.98. The van der Waals surface area contributed by atoms with Gasteiger partial charge in [0.05, 0.1) is 12.3 Å². The van der Waals surface area contributed by atoms with Crippen LogP contribution in [0.15, 0.2) is 24.3 Å². The molecule has 1 aromatic rings. The van der Waals surface area contributed by atoms with E-state index in [9.17, 15) is 0 Å². The SMILES string of the molecule is CN1c2ccccc2OCCC2OC21. The van der Waals surface area contributed by atoms with Gasteiger partial charge in [-0.05, 0) is 12.1 Å². The molecule has 1 saturated heterocycles. The zero-order chi connectivity index (χ0) is 9.54. The highest BCUT2D eigenvalue weighted by atomic mass is 16.6. The molecule has 1 aromatic carbocycles. The summed E-state index contributed by atoms with van der Waals surface area (Å²) in [4.78, 5) is 2.15. The Balaban J connectivity index is 2.00. The van der Waals surface area contributed by atoms with Crippen LogP contribution < -0.4 is 9.64 Å². The lowest BCUT2D eigenvalue weighted by molar-refractivity contribution is 0.285. The Hall–Kier alpha value is -1.22. The molecule has 2 unspecified atom stereocenters. The minimum absolute atomic E-state index is 0.264. The number of rotatable bonds is 0. The van der Waals surface area contributed by atoms with Crippen molar-refractivity contribution < 1.29 is 9.47 Å². The summed E-state index contributed by atoms with van der Waals surface area (Å²) in [7, 11) is 2.05. The third-order valence-corrected chi connectivity index (χ3v) is 2.84. The molecule has 74 valence electrons. The van der Waals surface area contributed by atoms with E-state index in [1.165, 1.54) is 0 Å². The van der Waals surface area contributed by atoms with E-state index >= 15 is 0 Å². The molecule has 14 heavy (non-hydrogen) atoms. The van der Waals surface area contributed by atoms with Gasteiger partial charge in [-0.25, -0.2) is 0 Å². The minimum atomic E-state index is 0.264. The van der Waals surface area contributed by atoms with Crippen molar-refractivity contribution in [1.82, 2.24) is 0 Å². The Labute approximate surface area is 83.2 Å². The zero-order valence-corrected chi connectivity index (χ0v) is 8.14. The predicted molar refractivity (Wildman–Crippen MR) is 53.6 cm³/mol. The maximum absolute atomic E-state index is 5.67. The van der Waals surface area contributed by atoms with Crippen LogP contribution in [0.1, 0.15) is 6.42 Å². The summed E-state index contributed by atoms with van der Waals surface area (Å²) >= 11 is 0. The molecule has 0 N–H and O–H groups in total. The topological polar surface area (TPSA) is 25.0 Å². The zero-order valence-electron chi connectivity index (χ0n) is 8.14. The molecule has 0 bridgehead atoms. The molecule has 2 atom stereocenters. The van der Waals surface area contributed by atoms with Gasteiger partial charge in [0.1, 0.15) is 11.9 Å². The van der Waals surface area contributed by atoms with E-state index in [1.807, 2.05) is 18.2 Å². The van der Waals surface area contributed by atoms with Gasteiger partial charge < -0.3 is 14.4 Å². The third-order valence-electron chi connectivity index (χ3n) is 2.84. The molecule has 3 rings (SSSR count). The molecule has 1 fully saturated rings. The van der Waals surface area contributed by atoms with Gasteiger partial charge in [-0.3, -0.25) is 0 Å². The van der Waals surface area contributed by atoms with Gasteiger partial charge in [0.2, 0.25) is 0 Å². The molecule has 0 aromatic heterocycles. The number of nitrogens with zero attached hydrogens (tertiary/aromatic N) is 1. The second-order valence-electron chi connectivity index (χ2n) is 3.78. The van der Waals surface area contributed by atoms with E-state index in [0.717, 1.165) is 24.5 Å². The largest absolute Gasteiger partial charge is 0.491 e. The summed E-state index contributed by atoms with van der Waals surface area (Å²) in [5, 5.41) is 0. The number of para-hydroxylation sites is 2. The lowest BCUT2D eigenvalue weighted by Crippen LogP contribution is -2.26. The van der Waals surface area contributed by atoms with Crippen LogP contribution in [-0.2, 0) is 4.74 Å². The number of hydrogen-bond acceptors (Lipinski definition) is 3. The Morgan fingerprint density at radius 3 is 3.14 bits per heavy atom. The van der Waals surface area contributed by atoms with Gasteiger partial charge >= 0.3 is 0 Å². The standard InChI is InChI=1S/C11H13NO2/c1-12-8-4-2-3-5-9(8)13-7-6-10-11(12)14-10/h2-5,10-11H,6-7H2,1H3. The van der Waals surface area contributed by atoms with Crippen LogP contribution in [0, 0.1) is 0 Å². The van der Waals surface area contributed by atoms with Crippen LogP contribution in [0.3, 0.4) is 0 Å². The molecule has 2 heterocycles. The molecule has 0 radical (unpaired) electrons. The lowest BCUT2D eigenvalue weighted by atomic mass is 10.2. The van der Waals surface area contributed by atoms with E-state index in [0.29, 0.717) is 6.10 Å². The summed E-state index contributed by atoms with van der Waals surface area (Å²) in [6.07, 6.45) is 1.62. The number of epoxide rings is 1. The number of ether oxygens (including phenoxy) is 2. The minimum Gasteiger partial charge on any atom is -0.491 e. The first kappa shape index (κ1) is 8.12. The second-order valence-corrected chi connectivity index (χ2v) is 3.78. The van der Waals surface area contributed by atoms with Crippen LogP contribution in [0.4, 0.5) is 5.69 Å². The van der Waals surface area contributed by atoms with E-state index < -0.39 is 0 Å². The van der Waals surface area contributed by atoms with Crippen molar-refractivity contribution in [2.45, 2.75) is 18.8 Å². The van der Waals surface area contributed by atoms with E-state index in [4.69, 9.17) is 9.47 Å². The van der Waals surface area contributed by atoms with Crippen molar-refractivity contribution in [3.8, 4) is 5.75 Å². The van der Waals surface area contributed by atoms with Crippen molar-refractivity contribution in [2.75, 3.05) is 18.6 Å². The van der Waals surface area contributed by atoms with Crippen LogP contribution in [0.2, 0.25) is 0 Å². The molecule has 0 saturated carbocycles.